The monoisotopic (exact) mass is 430 g/mol. The van der Waals surface area contributed by atoms with Crippen LogP contribution >= 0.6 is 34.7 Å². The van der Waals surface area contributed by atoms with E-state index in [1.54, 1.807) is 0 Å². The summed E-state index contributed by atoms with van der Waals surface area (Å²) in [5.74, 6) is 2.28. The summed E-state index contributed by atoms with van der Waals surface area (Å²) in [6, 6.07) is 1.72. The summed E-state index contributed by atoms with van der Waals surface area (Å²) in [5.41, 5.74) is 0. The molecule has 0 saturated carbocycles. The second-order valence-electron chi connectivity index (χ2n) is 5.93. The molecule has 1 aromatic heterocycles. The van der Waals surface area contributed by atoms with Crippen LogP contribution in [0.3, 0.4) is 0 Å². The molecule has 11 heteroatoms. The van der Waals surface area contributed by atoms with Gasteiger partial charge in [0.1, 0.15) is 13.4 Å². The number of sulfone groups is 1. The Balaban J connectivity index is 1.76. The highest BCUT2D eigenvalue weighted by molar-refractivity contribution is 7.99. The van der Waals surface area contributed by atoms with Crippen molar-refractivity contribution in [1.82, 2.24) is 9.21 Å². The van der Waals surface area contributed by atoms with Gasteiger partial charge >= 0.3 is 0 Å². The van der Waals surface area contributed by atoms with E-state index in [-0.39, 0.29) is 13.4 Å². The predicted molar refractivity (Wildman–Crippen MR) is 98.5 cm³/mol. The molecule has 0 spiro atoms. The third-order valence-electron chi connectivity index (χ3n) is 4.31. The fourth-order valence-corrected chi connectivity index (χ4v) is 8.62. The minimum atomic E-state index is -3.76. The zero-order valence-corrected chi connectivity index (χ0v) is 17.2. The van der Waals surface area contributed by atoms with Gasteiger partial charge in [0.2, 0.25) is 10.0 Å². The number of sulfonamides is 1. The van der Waals surface area contributed by atoms with E-state index < -0.39 is 19.9 Å². The smallest absolute Gasteiger partial charge is 0.245 e. The van der Waals surface area contributed by atoms with Gasteiger partial charge in [0.05, 0.1) is 0 Å². The van der Waals surface area contributed by atoms with Crippen LogP contribution in [0.15, 0.2) is 15.2 Å². The van der Waals surface area contributed by atoms with Gasteiger partial charge in [-0.25, -0.2) is 16.8 Å². The molecule has 0 amide bonds. The molecule has 0 aliphatic carbocycles. The average Bonchev–Trinajstić information content (AvgIpc) is 3.16. The molecule has 1 atom stereocenters. The van der Waals surface area contributed by atoms with Crippen molar-refractivity contribution in [3.8, 4) is 0 Å². The van der Waals surface area contributed by atoms with E-state index in [9.17, 15) is 16.8 Å². The van der Waals surface area contributed by atoms with Gasteiger partial charge in [0.15, 0.2) is 9.84 Å². The Bertz CT molecular complexity index is 807. The van der Waals surface area contributed by atoms with Crippen molar-refractivity contribution in [2.24, 2.45) is 0 Å². The lowest BCUT2D eigenvalue weighted by Crippen LogP contribution is -2.51. The van der Waals surface area contributed by atoms with Crippen LogP contribution in [0.25, 0.3) is 0 Å². The number of hydrogen-bond acceptors (Lipinski definition) is 7. The number of halogens is 1. The number of piperazine rings is 1. The van der Waals surface area contributed by atoms with Crippen LogP contribution in [-0.4, -0.2) is 76.0 Å². The number of thioether (sulfide) groups is 1. The molecule has 136 valence electrons. The van der Waals surface area contributed by atoms with Gasteiger partial charge in [-0.15, -0.1) is 11.3 Å². The van der Waals surface area contributed by atoms with E-state index >= 15 is 0 Å². The third-order valence-corrected chi connectivity index (χ3v) is 10.8. The zero-order valence-electron chi connectivity index (χ0n) is 13.1. The molecule has 1 aromatic rings. The highest BCUT2D eigenvalue weighted by atomic mass is 35.5. The standard InChI is InChI=1S/C13H19ClN2O4S4/c1-23(17,18)12-8-11(13(14)22-12)24(19,20)16-5-3-15(4-6-16)10-2-7-21-9-10/h8,10H,2-7,9H2,1H3/t10-/m1/s1. The molecule has 2 aliphatic rings. The first kappa shape index (κ1) is 18.9. The SMILES string of the molecule is CS(=O)(=O)c1cc(S(=O)(=O)N2CCN([C@@H]3CCSC3)CC2)c(Cl)s1. The van der Waals surface area contributed by atoms with Gasteiger partial charge in [-0.1, -0.05) is 11.6 Å². The number of nitrogens with zero attached hydrogens (tertiary/aromatic N) is 2. The van der Waals surface area contributed by atoms with Gasteiger partial charge in [-0.3, -0.25) is 4.90 Å². The molecule has 24 heavy (non-hydrogen) atoms. The summed E-state index contributed by atoms with van der Waals surface area (Å²) in [7, 11) is -7.24. The fraction of sp³-hybridized carbons (Fsp3) is 0.692. The predicted octanol–water partition coefficient (Wildman–Crippen LogP) is 1.62. The van der Waals surface area contributed by atoms with Crippen LogP contribution < -0.4 is 0 Å². The van der Waals surface area contributed by atoms with Crippen LogP contribution in [0.5, 0.6) is 0 Å². The molecule has 6 nitrogen and oxygen atoms in total. The number of hydrogen-bond donors (Lipinski definition) is 0. The van der Waals surface area contributed by atoms with Gasteiger partial charge in [-0.2, -0.15) is 16.1 Å². The second-order valence-corrected chi connectivity index (χ2v) is 12.9. The maximum Gasteiger partial charge on any atom is 0.245 e. The van der Waals surface area contributed by atoms with Crippen molar-refractivity contribution in [2.45, 2.75) is 21.6 Å². The van der Waals surface area contributed by atoms with E-state index in [1.165, 1.54) is 16.1 Å². The largest absolute Gasteiger partial charge is 0.297 e. The van der Waals surface area contributed by atoms with Crippen molar-refractivity contribution < 1.29 is 16.8 Å². The van der Waals surface area contributed by atoms with Gasteiger partial charge in [-0.05, 0) is 18.2 Å². The minimum Gasteiger partial charge on any atom is -0.297 e. The highest BCUT2D eigenvalue weighted by Crippen LogP contribution is 2.36. The summed E-state index contributed by atoms with van der Waals surface area (Å²) < 4.78 is 50.3. The van der Waals surface area contributed by atoms with E-state index in [0.29, 0.717) is 32.2 Å². The summed E-state index contributed by atoms with van der Waals surface area (Å²) in [6.07, 6.45) is 2.20. The summed E-state index contributed by atoms with van der Waals surface area (Å²) in [5, 5.41) is 0. The highest BCUT2D eigenvalue weighted by Gasteiger charge is 2.34. The summed E-state index contributed by atoms with van der Waals surface area (Å²) in [6.45, 7) is 2.21. The normalized spacial score (nSPS) is 24.5. The summed E-state index contributed by atoms with van der Waals surface area (Å²) >= 11 is 8.75. The van der Waals surface area contributed by atoms with Crippen LogP contribution in [0.1, 0.15) is 6.42 Å². The van der Waals surface area contributed by atoms with E-state index in [4.69, 9.17) is 11.6 Å². The third kappa shape index (κ3) is 3.79. The Hall–Kier alpha value is 0.160. The molecule has 2 fully saturated rings. The number of thiophene rings is 1. The molecule has 0 aromatic carbocycles. The molecule has 2 saturated heterocycles. The molecular formula is C13H19ClN2O4S4. The Kier molecular flexibility index (Phi) is 5.56. The lowest BCUT2D eigenvalue weighted by molar-refractivity contribution is 0.148. The first-order chi connectivity index (χ1) is 11.2. The van der Waals surface area contributed by atoms with Crippen molar-refractivity contribution in [3.63, 3.8) is 0 Å². The average molecular weight is 431 g/mol. The van der Waals surface area contributed by atoms with Crippen LogP contribution in [0.4, 0.5) is 0 Å². The maximum absolute atomic E-state index is 12.8. The molecule has 3 rings (SSSR count). The molecule has 0 unspecified atom stereocenters. The van der Waals surface area contributed by atoms with E-state index in [2.05, 4.69) is 4.90 Å². The van der Waals surface area contributed by atoms with Gasteiger partial charge in [0.25, 0.3) is 0 Å². The lowest BCUT2D eigenvalue weighted by atomic mass is 10.2. The van der Waals surface area contributed by atoms with Crippen LogP contribution in [-0.2, 0) is 19.9 Å². The zero-order chi connectivity index (χ0) is 17.5. The molecule has 2 aliphatic heterocycles. The fourth-order valence-electron chi connectivity index (χ4n) is 2.95. The topological polar surface area (TPSA) is 74.8 Å². The van der Waals surface area contributed by atoms with Crippen LogP contribution in [0.2, 0.25) is 4.34 Å². The minimum absolute atomic E-state index is 0.00467. The van der Waals surface area contributed by atoms with Crippen LogP contribution in [0, 0.1) is 0 Å². The van der Waals surface area contributed by atoms with Crippen molar-refractivity contribution >= 4 is 54.6 Å². The van der Waals surface area contributed by atoms with E-state index in [0.717, 1.165) is 29.8 Å². The Morgan fingerprint density at radius 1 is 1.17 bits per heavy atom. The number of rotatable bonds is 4. The maximum atomic E-state index is 12.8. The molecular weight excluding hydrogens is 412 g/mol. The van der Waals surface area contributed by atoms with Gasteiger partial charge in [0, 0.05) is 44.2 Å². The Morgan fingerprint density at radius 2 is 1.83 bits per heavy atom. The van der Waals surface area contributed by atoms with Crippen molar-refractivity contribution in [1.29, 1.82) is 0 Å². The molecule has 0 bridgehead atoms. The summed E-state index contributed by atoms with van der Waals surface area (Å²) in [4.78, 5) is 2.25. The Labute approximate surface area is 156 Å². The lowest BCUT2D eigenvalue weighted by Gasteiger charge is -2.37. The van der Waals surface area contributed by atoms with Gasteiger partial charge < -0.3 is 0 Å². The Morgan fingerprint density at radius 3 is 2.33 bits per heavy atom. The first-order valence-electron chi connectivity index (χ1n) is 7.51. The first-order valence-corrected chi connectivity index (χ1v) is 13.2. The quantitative estimate of drug-likeness (QED) is 0.722. The van der Waals surface area contributed by atoms with Crippen molar-refractivity contribution in [2.75, 3.05) is 43.9 Å². The molecule has 0 radical (unpaired) electrons. The van der Waals surface area contributed by atoms with Crippen molar-refractivity contribution in [3.05, 3.63) is 10.4 Å². The molecule has 0 N–H and O–H groups in total. The molecule has 3 heterocycles. The second kappa shape index (κ2) is 7.05. The van der Waals surface area contributed by atoms with E-state index in [1.807, 2.05) is 11.8 Å².